The largest absolute Gasteiger partial charge is 0.381 e. The Balaban J connectivity index is 1.39. The van der Waals surface area contributed by atoms with Gasteiger partial charge in [-0.2, -0.15) is 0 Å². The molecular formula is C23H28N4O5. The SMILES string of the molecule is O=C1CCC(N2C(=O)c3cccc(CN(CC4CCOCC4)C4CNC4)c3C2=O)C(=O)N1. The molecule has 3 fully saturated rings. The third-order valence-electron chi connectivity index (χ3n) is 7.04. The van der Waals surface area contributed by atoms with Crippen LogP contribution >= 0.6 is 0 Å². The van der Waals surface area contributed by atoms with E-state index in [0.717, 1.165) is 56.2 Å². The molecule has 170 valence electrons. The van der Waals surface area contributed by atoms with Crippen molar-refractivity contribution in [2.45, 2.75) is 44.3 Å². The topological polar surface area (TPSA) is 108 Å². The molecule has 32 heavy (non-hydrogen) atoms. The summed E-state index contributed by atoms with van der Waals surface area (Å²) in [6.45, 7) is 4.90. The van der Waals surface area contributed by atoms with Gasteiger partial charge in [0.2, 0.25) is 11.8 Å². The lowest BCUT2D eigenvalue weighted by molar-refractivity contribution is -0.136. The predicted molar refractivity (Wildman–Crippen MR) is 114 cm³/mol. The maximum absolute atomic E-state index is 13.4. The number of ether oxygens (including phenoxy) is 1. The summed E-state index contributed by atoms with van der Waals surface area (Å²) in [5.74, 6) is -1.30. The zero-order chi connectivity index (χ0) is 22.2. The summed E-state index contributed by atoms with van der Waals surface area (Å²) >= 11 is 0. The molecular weight excluding hydrogens is 412 g/mol. The first kappa shape index (κ1) is 21.2. The minimum Gasteiger partial charge on any atom is -0.381 e. The lowest BCUT2D eigenvalue weighted by Crippen LogP contribution is -2.58. The van der Waals surface area contributed by atoms with Crippen molar-refractivity contribution < 1.29 is 23.9 Å². The number of hydrogen-bond donors (Lipinski definition) is 2. The molecule has 0 aromatic heterocycles. The maximum Gasteiger partial charge on any atom is 0.262 e. The average Bonchev–Trinajstić information content (AvgIpc) is 2.99. The molecule has 0 radical (unpaired) electrons. The summed E-state index contributed by atoms with van der Waals surface area (Å²) in [6, 6.07) is 4.81. The van der Waals surface area contributed by atoms with Crippen LogP contribution in [0.15, 0.2) is 18.2 Å². The molecule has 4 heterocycles. The Morgan fingerprint density at radius 2 is 1.81 bits per heavy atom. The van der Waals surface area contributed by atoms with Crippen LogP contribution in [-0.4, -0.2) is 78.4 Å². The van der Waals surface area contributed by atoms with Crippen LogP contribution in [0.5, 0.6) is 0 Å². The molecule has 4 aliphatic heterocycles. The molecule has 0 saturated carbocycles. The van der Waals surface area contributed by atoms with E-state index in [9.17, 15) is 19.2 Å². The summed E-state index contributed by atoms with van der Waals surface area (Å²) < 4.78 is 5.50. The molecule has 1 atom stereocenters. The normalized spacial score (nSPS) is 24.7. The van der Waals surface area contributed by atoms with Crippen molar-refractivity contribution in [3.8, 4) is 0 Å². The van der Waals surface area contributed by atoms with Gasteiger partial charge in [-0.05, 0) is 36.8 Å². The van der Waals surface area contributed by atoms with E-state index in [4.69, 9.17) is 4.74 Å². The lowest BCUT2D eigenvalue weighted by atomic mass is 9.96. The minimum atomic E-state index is -0.942. The number of imide groups is 2. The van der Waals surface area contributed by atoms with E-state index in [1.165, 1.54) is 0 Å². The summed E-state index contributed by atoms with van der Waals surface area (Å²) in [5.41, 5.74) is 1.55. The number of nitrogens with one attached hydrogen (secondary N) is 2. The van der Waals surface area contributed by atoms with Crippen LogP contribution in [0.2, 0.25) is 0 Å². The molecule has 3 saturated heterocycles. The minimum absolute atomic E-state index is 0.115. The Kier molecular flexibility index (Phi) is 5.79. The number of rotatable bonds is 6. The fraction of sp³-hybridized carbons (Fsp3) is 0.565. The number of hydrogen-bond acceptors (Lipinski definition) is 7. The van der Waals surface area contributed by atoms with Gasteiger partial charge in [-0.1, -0.05) is 12.1 Å². The number of carbonyl (C=O) groups excluding carboxylic acids is 4. The number of amides is 4. The van der Waals surface area contributed by atoms with Crippen LogP contribution in [0.4, 0.5) is 0 Å². The van der Waals surface area contributed by atoms with E-state index < -0.39 is 23.8 Å². The van der Waals surface area contributed by atoms with Gasteiger partial charge in [0.05, 0.1) is 11.1 Å². The van der Waals surface area contributed by atoms with Crippen LogP contribution in [0.3, 0.4) is 0 Å². The molecule has 5 rings (SSSR count). The predicted octanol–water partition coefficient (Wildman–Crippen LogP) is 0.288. The smallest absolute Gasteiger partial charge is 0.262 e. The van der Waals surface area contributed by atoms with Crippen LogP contribution in [0.1, 0.15) is 52.0 Å². The van der Waals surface area contributed by atoms with Crippen LogP contribution in [-0.2, 0) is 20.9 Å². The fourth-order valence-corrected chi connectivity index (χ4v) is 5.07. The zero-order valence-electron chi connectivity index (χ0n) is 18.0. The third-order valence-corrected chi connectivity index (χ3v) is 7.04. The highest BCUT2D eigenvalue weighted by Crippen LogP contribution is 2.31. The second-order valence-electron chi connectivity index (χ2n) is 9.08. The van der Waals surface area contributed by atoms with Crippen LogP contribution < -0.4 is 10.6 Å². The zero-order valence-corrected chi connectivity index (χ0v) is 18.0. The number of benzene rings is 1. The quantitative estimate of drug-likeness (QED) is 0.612. The Morgan fingerprint density at radius 3 is 2.50 bits per heavy atom. The number of piperidine rings is 1. The molecule has 4 aliphatic rings. The maximum atomic E-state index is 13.4. The van der Waals surface area contributed by atoms with E-state index in [1.807, 2.05) is 6.07 Å². The first-order valence-corrected chi connectivity index (χ1v) is 11.4. The average molecular weight is 441 g/mol. The van der Waals surface area contributed by atoms with E-state index in [-0.39, 0.29) is 18.7 Å². The molecule has 9 heteroatoms. The van der Waals surface area contributed by atoms with Crippen molar-refractivity contribution >= 4 is 23.6 Å². The molecule has 0 spiro atoms. The van der Waals surface area contributed by atoms with Gasteiger partial charge in [0.25, 0.3) is 11.8 Å². The molecule has 1 unspecified atom stereocenters. The highest BCUT2D eigenvalue weighted by atomic mass is 16.5. The number of fused-ring (bicyclic) bond motifs is 1. The van der Waals surface area contributed by atoms with Crippen molar-refractivity contribution in [3.63, 3.8) is 0 Å². The van der Waals surface area contributed by atoms with Crippen LogP contribution in [0.25, 0.3) is 0 Å². The molecule has 9 nitrogen and oxygen atoms in total. The molecule has 2 N–H and O–H groups in total. The molecule has 4 amide bonds. The highest BCUT2D eigenvalue weighted by molar-refractivity contribution is 6.24. The molecule has 0 bridgehead atoms. The molecule has 1 aromatic rings. The van der Waals surface area contributed by atoms with Gasteiger partial charge < -0.3 is 10.1 Å². The van der Waals surface area contributed by atoms with E-state index in [1.54, 1.807) is 12.1 Å². The Labute approximate surface area is 186 Å². The van der Waals surface area contributed by atoms with E-state index >= 15 is 0 Å². The van der Waals surface area contributed by atoms with Crippen molar-refractivity contribution in [3.05, 3.63) is 34.9 Å². The summed E-state index contributed by atoms with van der Waals surface area (Å²) in [7, 11) is 0. The monoisotopic (exact) mass is 440 g/mol. The Morgan fingerprint density at radius 1 is 1.03 bits per heavy atom. The van der Waals surface area contributed by atoms with Crippen molar-refractivity contribution in [2.75, 3.05) is 32.8 Å². The van der Waals surface area contributed by atoms with Crippen molar-refractivity contribution in [1.29, 1.82) is 0 Å². The van der Waals surface area contributed by atoms with Gasteiger partial charge >= 0.3 is 0 Å². The van der Waals surface area contributed by atoms with E-state index in [2.05, 4.69) is 15.5 Å². The second kappa shape index (κ2) is 8.73. The third kappa shape index (κ3) is 3.85. The van der Waals surface area contributed by atoms with Gasteiger partial charge in [-0.15, -0.1) is 0 Å². The number of nitrogens with zero attached hydrogens (tertiary/aromatic N) is 2. The van der Waals surface area contributed by atoms with Gasteiger partial charge in [-0.3, -0.25) is 34.3 Å². The molecule has 0 aliphatic carbocycles. The summed E-state index contributed by atoms with van der Waals surface area (Å²) in [5, 5.41) is 5.57. The van der Waals surface area contributed by atoms with E-state index in [0.29, 0.717) is 29.6 Å². The van der Waals surface area contributed by atoms with Gasteiger partial charge in [0.15, 0.2) is 0 Å². The first-order chi connectivity index (χ1) is 15.5. The van der Waals surface area contributed by atoms with Gasteiger partial charge in [0.1, 0.15) is 6.04 Å². The van der Waals surface area contributed by atoms with Crippen molar-refractivity contribution in [2.24, 2.45) is 5.92 Å². The second-order valence-corrected chi connectivity index (χ2v) is 9.08. The van der Waals surface area contributed by atoms with Gasteiger partial charge in [-0.25, -0.2) is 0 Å². The summed E-state index contributed by atoms with van der Waals surface area (Å²) in [4.78, 5) is 53.8. The summed E-state index contributed by atoms with van der Waals surface area (Å²) in [6.07, 6.45) is 2.34. The fourth-order valence-electron chi connectivity index (χ4n) is 5.07. The standard InChI is InChI=1S/C23H28N4O5/c28-19-5-4-18(21(29)25-19)27-22(30)17-3-1-2-15(20(17)23(27)31)13-26(16-10-24-11-16)12-14-6-8-32-9-7-14/h1-3,14,16,18,24H,4-13H2,(H,25,28,29). The Bertz CT molecular complexity index is 954. The highest BCUT2D eigenvalue weighted by Gasteiger charge is 2.45. The Hall–Kier alpha value is -2.62. The number of carbonyl (C=O) groups is 4. The van der Waals surface area contributed by atoms with Gasteiger partial charge in [0, 0.05) is 51.9 Å². The first-order valence-electron chi connectivity index (χ1n) is 11.4. The van der Waals surface area contributed by atoms with Crippen LogP contribution in [0, 0.1) is 5.92 Å². The molecule has 1 aromatic carbocycles. The lowest BCUT2D eigenvalue weighted by Gasteiger charge is -2.41. The van der Waals surface area contributed by atoms with Crippen molar-refractivity contribution in [1.82, 2.24) is 20.4 Å².